The van der Waals surface area contributed by atoms with Gasteiger partial charge in [0.05, 0.1) is 24.8 Å². The van der Waals surface area contributed by atoms with Gasteiger partial charge in [0.1, 0.15) is 16.4 Å². The summed E-state index contributed by atoms with van der Waals surface area (Å²) in [6.45, 7) is 4.64. The third-order valence-corrected chi connectivity index (χ3v) is 5.00. The van der Waals surface area contributed by atoms with Crippen LogP contribution in [0, 0.1) is 5.92 Å². The summed E-state index contributed by atoms with van der Waals surface area (Å²) < 4.78 is 40.5. The maximum Gasteiger partial charge on any atom is 0.413 e. The quantitative estimate of drug-likeness (QED) is 0.562. The number of nitrogens with one attached hydrogen (secondary N) is 2. The van der Waals surface area contributed by atoms with E-state index < -0.39 is 16.2 Å². The van der Waals surface area contributed by atoms with Gasteiger partial charge in [-0.2, -0.15) is 8.42 Å². The number of hydrogen-bond donors (Lipinski definition) is 2. The number of imidazole rings is 1. The molecular weight excluding hydrogens is 398 g/mol. The molecule has 0 unspecified atom stereocenters. The first-order valence-corrected chi connectivity index (χ1v) is 10.2. The number of amides is 1. The van der Waals surface area contributed by atoms with Crippen LogP contribution in [0.3, 0.4) is 0 Å². The van der Waals surface area contributed by atoms with Crippen molar-refractivity contribution in [2.24, 2.45) is 5.92 Å². The minimum absolute atomic E-state index is 0.0570. The highest BCUT2D eigenvalue weighted by atomic mass is 32.2. The van der Waals surface area contributed by atoms with Crippen molar-refractivity contribution in [3.63, 3.8) is 0 Å². The highest BCUT2D eigenvalue weighted by molar-refractivity contribution is 7.87. The monoisotopic (exact) mass is 419 g/mol. The van der Waals surface area contributed by atoms with E-state index in [1.54, 1.807) is 12.1 Å². The summed E-state index contributed by atoms with van der Waals surface area (Å²) >= 11 is 0. The molecule has 0 aliphatic heterocycles. The molecule has 0 radical (unpaired) electrons. The number of hydrogen-bond acceptors (Lipinski definition) is 7. The Labute approximate surface area is 168 Å². The van der Waals surface area contributed by atoms with Crippen molar-refractivity contribution < 1.29 is 26.9 Å². The predicted molar refractivity (Wildman–Crippen MR) is 107 cm³/mol. The highest BCUT2D eigenvalue weighted by Gasteiger charge is 2.18. The van der Waals surface area contributed by atoms with Crippen molar-refractivity contribution in [1.29, 1.82) is 0 Å². The van der Waals surface area contributed by atoms with E-state index in [1.807, 2.05) is 13.8 Å². The molecule has 2 N–H and O–H groups in total. The van der Waals surface area contributed by atoms with Crippen molar-refractivity contribution in [2.75, 3.05) is 19.0 Å². The molecule has 2 aromatic carbocycles. The first-order valence-electron chi connectivity index (χ1n) is 8.79. The molecule has 9 nitrogen and oxygen atoms in total. The fourth-order valence-electron chi connectivity index (χ4n) is 2.38. The smallest absolute Gasteiger partial charge is 0.413 e. The summed E-state index contributed by atoms with van der Waals surface area (Å²) in [5.41, 5.74) is 0.889. The fraction of sp³-hybridized carbons (Fsp3) is 0.263. The van der Waals surface area contributed by atoms with E-state index in [-0.39, 0.29) is 16.6 Å². The topological polar surface area (TPSA) is 120 Å². The SMILES string of the molecule is COC(=O)Nc1nc2ccc(S(=O)(=O)Oc3ccc(OCC(C)C)cc3)cc2[nH]1. The van der Waals surface area contributed by atoms with Crippen LogP contribution in [-0.4, -0.2) is 38.2 Å². The molecule has 0 saturated heterocycles. The number of benzene rings is 2. The Hall–Kier alpha value is -3.27. The number of rotatable bonds is 7. The summed E-state index contributed by atoms with van der Waals surface area (Å²) in [6.07, 6.45) is -0.693. The lowest BCUT2D eigenvalue weighted by Crippen LogP contribution is -2.11. The van der Waals surface area contributed by atoms with Crippen molar-refractivity contribution >= 4 is 33.2 Å². The van der Waals surface area contributed by atoms with Crippen LogP contribution in [0.1, 0.15) is 13.8 Å². The number of aromatic nitrogens is 2. The van der Waals surface area contributed by atoms with Crippen LogP contribution in [-0.2, 0) is 14.9 Å². The molecule has 1 heterocycles. The molecular formula is C19H21N3O6S. The molecule has 0 spiro atoms. The average molecular weight is 419 g/mol. The van der Waals surface area contributed by atoms with Gasteiger partial charge in [0.25, 0.3) is 0 Å². The van der Waals surface area contributed by atoms with Gasteiger partial charge in [-0.3, -0.25) is 5.32 Å². The van der Waals surface area contributed by atoms with E-state index in [0.717, 1.165) is 0 Å². The summed E-state index contributed by atoms with van der Waals surface area (Å²) in [5, 5.41) is 2.38. The largest absolute Gasteiger partial charge is 0.493 e. The maximum atomic E-state index is 12.6. The fourth-order valence-corrected chi connectivity index (χ4v) is 3.34. The molecule has 3 aromatic rings. The van der Waals surface area contributed by atoms with Crippen LogP contribution in [0.4, 0.5) is 10.7 Å². The summed E-state index contributed by atoms with van der Waals surface area (Å²) in [7, 11) is -2.84. The molecule has 154 valence electrons. The zero-order valence-electron chi connectivity index (χ0n) is 16.1. The molecule has 0 aliphatic carbocycles. The molecule has 0 fully saturated rings. The van der Waals surface area contributed by atoms with Crippen molar-refractivity contribution in [3.05, 3.63) is 42.5 Å². The van der Waals surface area contributed by atoms with Crippen LogP contribution < -0.4 is 14.2 Å². The minimum Gasteiger partial charge on any atom is -0.493 e. The molecule has 0 atom stereocenters. The second-order valence-electron chi connectivity index (χ2n) is 6.59. The molecule has 1 amide bonds. The highest BCUT2D eigenvalue weighted by Crippen LogP contribution is 2.24. The molecule has 0 aliphatic rings. The lowest BCUT2D eigenvalue weighted by atomic mass is 10.2. The third kappa shape index (κ3) is 5.17. The Morgan fingerprint density at radius 2 is 1.83 bits per heavy atom. The van der Waals surface area contributed by atoms with Gasteiger partial charge >= 0.3 is 16.2 Å². The Balaban J connectivity index is 1.76. The zero-order chi connectivity index (χ0) is 21.0. The number of carbonyl (C=O) groups excluding carboxylic acids is 1. The predicted octanol–water partition coefficient (Wildman–Crippen LogP) is 3.54. The Morgan fingerprint density at radius 1 is 1.14 bits per heavy atom. The number of carbonyl (C=O) groups is 1. The van der Waals surface area contributed by atoms with Crippen LogP contribution in [0.25, 0.3) is 11.0 Å². The molecule has 29 heavy (non-hydrogen) atoms. The number of aromatic amines is 1. The maximum absolute atomic E-state index is 12.6. The van der Waals surface area contributed by atoms with Gasteiger partial charge in [0, 0.05) is 0 Å². The van der Waals surface area contributed by atoms with Crippen molar-refractivity contribution in [3.8, 4) is 11.5 Å². The van der Waals surface area contributed by atoms with Gasteiger partial charge in [0.2, 0.25) is 5.95 Å². The molecule has 0 bridgehead atoms. The summed E-state index contributed by atoms with van der Waals surface area (Å²) in [5.74, 6) is 1.32. The lowest BCUT2D eigenvalue weighted by Gasteiger charge is -2.10. The van der Waals surface area contributed by atoms with E-state index in [9.17, 15) is 13.2 Å². The Morgan fingerprint density at radius 3 is 2.48 bits per heavy atom. The Bertz CT molecular complexity index is 1110. The van der Waals surface area contributed by atoms with Crippen LogP contribution in [0.2, 0.25) is 0 Å². The van der Waals surface area contributed by atoms with Crippen molar-refractivity contribution in [1.82, 2.24) is 9.97 Å². The zero-order valence-corrected chi connectivity index (χ0v) is 16.9. The molecule has 10 heteroatoms. The summed E-state index contributed by atoms with van der Waals surface area (Å²) in [6, 6.07) is 10.6. The summed E-state index contributed by atoms with van der Waals surface area (Å²) in [4.78, 5) is 18.1. The Kier molecular flexibility index (Phi) is 5.92. The number of methoxy groups -OCH3 is 1. The van der Waals surface area contributed by atoms with E-state index in [2.05, 4.69) is 20.0 Å². The second kappa shape index (κ2) is 8.39. The van der Waals surface area contributed by atoms with Crippen LogP contribution in [0.15, 0.2) is 47.4 Å². The van der Waals surface area contributed by atoms with Crippen molar-refractivity contribution in [2.45, 2.75) is 18.7 Å². The van der Waals surface area contributed by atoms with Crippen LogP contribution in [0.5, 0.6) is 11.5 Å². The van der Waals surface area contributed by atoms with Gasteiger partial charge in [-0.15, -0.1) is 0 Å². The third-order valence-electron chi connectivity index (χ3n) is 3.76. The minimum atomic E-state index is -4.06. The van der Waals surface area contributed by atoms with E-state index in [1.165, 1.54) is 37.4 Å². The number of H-pyrrole nitrogens is 1. The lowest BCUT2D eigenvalue weighted by molar-refractivity contribution is 0.186. The normalized spacial score (nSPS) is 11.4. The van der Waals surface area contributed by atoms with Gasteiger partial charge in [-0.05, 0) is 48.4 Å². The van der Waals surface area contributed by atoms with E-state index >= 15 is 0 Å². The second-order valence-corrected chi connectivity index (χ2v) is 8.14. The van der Waals surface area contributed by atoms with Gasteiger partial charge in [-0.1, -0.05) is 13.8 Å². The molecule has 3 rings (SSSR count). The van der Waals surface area contributed by atoms with E-state index in [0.29, 0.717) is 29.3 Å². The van der Waals surface area contributed by atoms with Gasteiger partial charge in [-0.25, -0.2) is 9.78 Å². The van der Waals surface area contributed by atoms with Gasteiger partial charge in [0.15, 0.2) is 0 Å². The number of anilines is 1. The first kappa shape index (κ1) is 20.5. The standard InChI is InChI=1S/C19H21N3O6S/c1-12(2)11-27-13-4-6-14(7-5-13)28-29(24,25)15-8-9-16-17(10-15)21-18(20-16)22-19(23)26-3/h4-10,12H,11H2,1-3H3,(H2,20,21,22,23). The van der Waals surface area contributed by atoms with Gasteiger partial charge < -0.3 is 18.6 Å². The average Bonchev–Trinajstić information content (AvgIpc) is 3.08. The molecule has 1 aromatic heterocycles. The number of ether oxygens (including phenoxy) is 2. The number of nitrogens with zero attached hydrogens (tertiary/aromatic N) is 1. The molecule has 0 saturated carbocycles. The number of fused-ring (bicyclic) bond motifs is 1. The first-order chi connectivity index (χ1) is 13.8. The van der Waals surface area contributed by atoms with E-state index in [4.69, 9.17) is 8.92 Å². The van der Waals surface area contributed by atoms with Crippen LogP contribution >= 0.6 is 0 Å².